The van der Waals surface area contributed by atoms with Gasteiger partial charge in [-0.05, 0) is 29.0 Å². The van der Waals surface area contributed by atoms with E-state index in [0.717, 1.165) is 10.8 Å². The second-order valence-electron chi connectivity index (χ2n) is 4.23. The van der Waals surface area contributed by atoms with Gasteiger partial charge in [0.1, 0.15) is 5.75 Å². The zero-order valence-electron chi connectivity index (χ0n) is 10.6. The predicted octanol–water partition coefficient (Wildman–Crippen LogP) is 4.06. The Morgan fingerprint density at radius 2 is 1.40 bits per heavy atom. The van der Waals surface area contributed by atoms with Gasteiger partial charge in [-0.25, -0.2) is 4.79 Å². The van der Waals surface area contributed by atoms with Crippen molar-refractivity contribution in [2.75, 3.05) is 0 Å². The Labute approximate surface area is 127 Å². The number of carbonyl (C=O) groups excluding carboxylic acids is 1. The predicted molar refractivity (Wildman–Crippen MR) is 75.3 cm³/mol. The summed E-state index contributed by atoms with van der Waals surface area (Å²) in [5.41, 5.74) is 0.585. The van der Waals surface area contributed by atoms with Crippen molar-refractivity contribution in [1.82, 2.24) is 0 Å². The molecule has 0 spiro atoms. The average molecular weight is 307 g/mol. The van der Waals surface area contributed by atoms with E-state index >= 15 is 0 Å². The Kier molecular flexibility index (Phi) is 4.55. The fourth-order valence-electron chi connectivity index (χ4n) is 2.05. The minimum Gasteiger partial charge on any atom is -0.423 e. The molecule has 0 aromatic heterocycles. The van der Waals surface area contributed by atoms with Crippen LogP contribution in [-0.4, -0.2) is 5.97 Å². The number of esters is 1. The maximum atomic E-state index is 12.2. The molecule has 3 aromatic rings. The molecule has 0 bridgehead atoms. The van der Waals surface area contributed by atoms with Crippen LogP contribution in [0.15, 0.2) is 72.8 Å². The van der Waals surface area contributed by atoms with Crippen LogP contribution in [0.2, 0.25) is 0 Å². The summed E-state index contributed by atoms with van der Waals surface area (Å²) in [4.78, 5) is 12.2. The number of fused-ring (bicyclic) bond motifs is 1. The molecule has 0 heterocycles. The van der Waals surface area contributed by atoms with Gasteiger partial charge < -0.3 is 4.74 Å². The standard InChI is InChI=1S/C17H12O2.Co/c18-17(19-14-9-2-1-3-10-14)16-12-6-8-13-7-4-5-11-15(13)16;/h1-12H;. The Hall–Kier alpha value is -2.10. The van der Waals surface area contributed by atoms with Crippen molar-refractivity contribution < 1.29 is 26.3 Å². The molecule has 101 valence electrons. The van der Waals surface area contributed by atoms with Gasteiger partial charge >= 0.3 is 5.97 Å². The van der Waals surface area contributed by atoms with Crippen LogP contribution in [0.3, 0.4) is 0 Å². The van der Waals surface area contributed by atoms with E-state index in [2.05, 4.69) is 0 Å². The van der Waals surface area contributed by atoms with E-state index in [9.17, 15) is 4.79 Å². The molecule has 0 saturated heterocycles. The number of rotatable bonds is 2. The maximum Gasteiger partial charge on any atom is 0.344 e. The van der Waals surface area contributed by atoms with Gasteiger partial charge in [0.2, 0.25) is 0 Å². The van der Waals surface area contributed by atoms with Gasteiger partial charge in [0.15, 0.2) is 0 Å². The average Bonchev–Trinajstić information content (AvgIpc) is 2.47. The molecule has 0 amide bonds. The molecule has 0 saturated carbocycles. The number of para-hydroxylation sites is 1. The molecule has 0 atom stereocenters. The molecule has 0 fully saturated rings. The third-order valence-corrected chi connectivity index (χ3v) is 2.96. The summed E-state index contributed by atoms with van der Waals surface area (Å²) in [6.45, 7) is 0. The summed E-state index contributed by atoms with van der Waals surface area (Å²) >= 11 is 0. The number of carbonyl (C=O) groups is 1. The Balaban J connectivity index is 0.00000147. The Morgan fingerprint density at radius 1 is 0.750 bits per heavy atom. The zero-order chi connectivity index (χ0) is 13.1. The van der Waals surface area contributed by atoms with Crippen LogP contribution in [0.4, 0.5) is 0 Å². The van der Waals surface area contributed by atoms with E-state index in [1.807, 2.05) is 54.6 Å². The molecule has 0 aliphatic heterocycles. The molecule has 0 N–H and O–H groups in total. The normalized spacial score (nSPS) is 9.80. The summed E-state index contributed by atoms with van der Waals surface area (Å²) in [6, 6.07) is 22.5. The molecular weight excluding hydrogens is 295 g/mol. The Morgan fingerprint density at radius 3 is 2.20 bits per heavy atom. The second-order valence-corrected chi connectivity index (χ2v) is 4.23. The van der Waals surface area contributed by atoms with Crippen LogP contribution in [0.1, 0.15) is 10.4 Å². The largest absolute Gasteiger partial charge is 0.423 e. The van der Waals surface area contributed by atoms with Gasteiger partial charge in [-0.1, -0.05) is 54.6 Å². The fraction of sp³-hybridized carbons (Fsp3) is 0. The summed E-state index contributed by atoms with van der Waals surface area (Å²) in [6.07, 6.45) is 0. The number of ether oxygens (including phenoxy) is 1. The van der Waals surface area contributed by atoms with Gasteiger partial charge in [-0.3, -0.25) is 0 Å². The van der Waals surface area contributed by atoms with Gasteiger partial charge in [0, 0.05) is 16.8 Å². The second kappa shape index (κ2) is 6.37. The first-order valence-corrected chi connectivity index (χ1v) is 6.09. The van der Waals surface area contributed by atoms with E-state index in [4.69, 9.17) is 4.74 Å². The van der Waals surface area contributed by atoms with Gasteiger partial charge in [0.25, 0.3) is 0 Å². The van der Waals surface area contributed by atoms with Crippen molar-refractivity contribution in [1.29, 1.82) is 0 Å². The first kappa shape index (κ1) is 14.3. The number of hydrogen-bond donors (Lipinski definition) is 0. The van der Waals surface area contributed by atoms with Crippen molar-refractivity contribution in [2.45, 2.75) is 0 Å². The van der Waals surface area contributed by atoms with Crippen molar-refractivity contribution in [3.63, 3.8) is 0 Å². The monoisotopic (exact) mass is 307 g/mol. The van der Waals surface area contributed by atoms with Crippen molar-refractivity contribution >= 4 is 16.7 Å². The molecule has 0 unspecified atom stereocenters. The van der Waals surface area contributed by atoms with E-state index in [0.29, 0.717) is 11.3 Å². The minimum absolute atomic E-state index is 0. The van der Waals surface area contributed by atoms with E-state index in [-0.39, 0.29) is 22.7 Å². The van der Waals surface area contributed by atoms with Crippen LogP contribution in [0, 0.1) is 0 Å². The summed E-state index contributed by atoms with van der Waals surface area (Å²) < 4.78 is 5.37. The topological polar surface area (TPSA) is 26.3 Å². The molecule has 3 heteroatoms. The van der Waals surface area contributed by atoms with E-state index in [1.54, 1.807) is 18.2 Å². The SMILES string of the molecule is O=C(Oc1ccccc1)c1cccc2ccccc12.[Co]. The quantitative estimate of drug-likeness (QED) is 0.527. The molecule has 20 heavy (non-hydrogen) atoms. The van der Waals surface area contributed by atoms with Crippen LogP contribution in [0.5, 0.6) is 5.75 Å². The molecule has 2 nitrogen and oxygen atoms in total. The molecular formula is C17H12CoO2. The molecule has 0 aliphatic carbocycles. The Bertz CT molecular complexity index is 718. The van der Waals surface area contributed by atoms with E-state index in [1.165, 1.54) is 0 Å². The van der Waals surface area contributed by atoms with Gasteiger partial charge in [-0.15, -0.1) is 0 Å². The first-order valence-electron chi connectivity index (χ1n) is 6.09. The third-order valence-electron chi connectivity index (χ3n) is 2.96. The minimum atomic E-state index is -0.331. The maximum absolute atomic E-state index is 12.2. The summed E-state index contributed by atoms with van der Waals surface area (Å²) in [5.74, 6) is 0.225. The van der Waals surface area contributed by atoms with Crippen LogP contribution in [0.25, 0.3) is 10.8 Å². The smallest absolute Gasteiger partial charge is 0.344 e. The summed E-state index contributed by atoms with van der Waals surface area (Å²) in [7, 11) is 0. The number of benzene rings is 3. The fourth-order valence-corrected chi connectivity index (χ4v) is 2.05. The van der Waals surface area contributed by atoms with E-state index < -0.39 is 0 Å². The van der Waals surface area contributed by atoms with Crippen molar-refractivity contribution in [3.05, 3.63) is 78.4 Å². The first-order chi connectivity index (χ1) is 9.34. The summed E-state index contributed by atoms with van der Waals surface area (Å²) in [5, 5.41) is 1.94. The van der Waals surface area contributed by atoms with Gasteiger partial charge in [0.05, 0.1) is 5.56 Å². The molecule has 1 radical (unpaired) electrons. The zero-order valence-corrected chi connectivity index (χ0v) is 11.6. The molecule has 3 rings (SSSR count). The van der Waals surface area contributed by atoms with Crippen LogP contribution >= 0.6 is 0 Å². The van der Waals surface area contributed by atoms with Crippen molar-refractivity contribution in [3.8, 4) is 5.75 Å². The third kappa shape index (κ3) is 2.90. The van der Waals surface area contributed by atoms with Crippen LogP contribution < -0.4 is 4.74 Å². The molecule has 3 aromatic carbocycles. The van der Waals surface area contributed by atoms with Gasteiger partial charge in [-0.2, -0.15) is 0 Å². The number of hydrogen-bond acceptors (Lipinski definition) is 2. The molecule has 0 aliphatic rings. The van der Waals surface area contributed by atoms with Crippen LogP contribution in [-0.2, 0) is 16.8 Å². The van der Waals surface area contributed by atoms with Crippen molar-refractivity contribution in [2.24, 2.45) is 0 Å².